The van der Waals surface area contributed by atoms with Crippen LogP contribution in [0.1, 0.15) is 21.7 Å². The number of nitrogens with zero attached hydrogens (tertiary/aromatic N) is 3. The number of hydrogen-bond donors (Lipinski definition) is 0. The van der Waals surface area contributed by atoms with Crippen molar-refractivity contribution in [1.29, 1.82) is 0 Å². The Balaban J connectivity index is 1.90. The minimum absolute atomic E-state index is 0.315. The highest BCUT2D eigenvalue weighted by Gasteiger charge is 2.13. The zero-order valence-electron chi connectivity index (χ0n) is 11.8. The highest BCUT2D eigenvalue weighted by Crippen LogP contribution is 2.15. The van der Waals surface area contributed by atoms with Gasteiger partial charge in [-0.15, -0.1) is 5.10 Å². The molecule has 3 aromatic rings. The van der Waals surface area contributed by atoms with Crippen LogP contribution in [0.25, 0.3) is 5.69 Å². The van der Waals surface area contributed by atoms with E-state index in [1.54, 1.807) is 16.8 Å². The van der Waals surface area contributed by atoms with Crippen LogP contribution in [0.3, 0.4) is 0 Å². The summed E-state index contributed by atoms with van der Waals surface area (Å²) in [5, 5.41) is 7.91. The summed E-state index contributed by atoms with van der Waals surface area (Å²) in [5.41, 5.74) is 2.90. The number of benzene rings is 2. The van der Waals surface area contributed by atoms with E-state index in [9.17, 15) is 9.18 Å². The molecule has 0 atom stereocenters. The molecule has 5 heteroatoms. The van der Waals surface area contributed by atoms with Crippen molar-refractivity contribution in [3.8, 4) is 5.69 Å². The minimum atomic E-state index is -0.315. The van der Waals surface area contributed by atoms with Crippen LogP contribution in [-0.4, -0.2) is 21.3 Å². The van der Waals surface area contributed by atoms with Gasteiger partial charge in [-0.25, -0.2) is 9.07 Å². The van der Waals surface area contributed by atoms with Gasteiger partial charge in [0.25, 0.3) is 0 Å². The van der Waals surface area contributed by atoms with E-state index in [1.807, 2.05) is 30.3 Å². The molecule has 0 unspecified atom stereocenters. The third-order valence-electron chi connectivity index (χ3n) is 3.47. The molecule has 0 aliphatic carbocycles. The van der Waals surface area contributed by atoms with Crippen LogP contribution in [0.5, 0.6) is 0 Å². The average molecular weight is 295 g/mol. The molecule has 1 aromatic heterocycles. The fourth-order valence-corrected chi connectivity index (χ4v) is 2.34. The van der Waals surface area contributed by atoms with Crippen molar-refractivity contribution in [2.24, 2.45) is 0 Å². The lowest BCUT2D eigenvalue weighted by atomic mass is 10.1. The second-order valence-electron chi connectivity index (χ2n) is 4.91. The van der Waals surface area contributed by atoms with E-state index < -0.39 is 0 Å². The van der Waals surface area contributed by atoms with Crippen molar-refractivity contribution in [2.45, 2.75) is 12.8 Å². The molecule has 4 nitrogen and oxygen atoms in total. The van der Waals surface area contributed by atoms with E-state index in [2.05, 4.69) is 10.3 Å². The molecular formula is C17H14FN3O. The van der Waals surface area contributed by atoms with Crippen molar-refractivity contribution < 1.29 is 9.18 Å². The van der Waals surface area contributed by atoms with E-state index in [4.69, 9.17) is 0 Å². The van der Waals surface area contributed by atoms with Crippen LogP contribution in [-0.2, 0) is 12.8 Å². The minimum Gasteiger partial charge on any atom is -0.296 e. The van der Waals surface area contributed by atoms with E-state index in [0.717, 1.165) is 12.1 Å². The van der Waals surface area contributed by atoms with Gasteiger partial charge in [0.05, 0.1) is 11.4 Å². The standard InChI is InChI=1S/C17H14FN3O/c18-14-7-9-15(10-8-14)21-17(16(12-22)19-20-21)11-6-13-4-2-1-3-5-13/h1-5,7-10,12H,6,11H2. The predicted molar refractivity (Wildman–Crippen MR) is 80.6 cm³/mol. The van der Waals surface area contributed by atoms with Gasteiger partial charge in [0.15, 0.2) is 6.29 Å². The van der Waals surface area contributed by atoms with Gasteiger partial charge in [0.1, 0.15) is 11.5 Å². The molecule has 0 saturated carbocycles. The van der Waals surface area contributed by atoms with Gasteiger partial charge < -0.3 is 0 Å². The Hall–Kier alpha value is -2.82. The molecule has 22 heavy (non-hydrogen) atoms. The van der Waals surface area contributed by atoms with Gasteiger partial charge in [-0.2, -0.15) is 0 Å². The quantitative estimate of drug-likeness (QED) is 0.680. The van der Waals surface area contributed by atoms with Crippen LogP contribution >= 0.6 is 0 Å². The summed E-state index contributed by atoms with van der Waals surface area (Å²) in [5.74, 6) is -0.315. The van der Waals surface area contributed by atoms with E-state index in [1.165, 1.54) is 17.7 Å². The summed E-state index contributed by atoms with van der Waals surface area (Å²) in [6.45, 7) is 0. The average Bonchev–Trinajstić information content (AvgIpc) is 2.97. The van der Waals surface area contributed by atoms with E-state index in [-0.39, 0.29) is 5.82 Å². The van der Waals surface area contributed by atoms with Gasteiger partial charge in [-0.3, -0.25) is 4.79 Å². The summed E-state index contributed by atoms with van der Waals surface area (Å²) in [6.07, 6.45) is 2.10. The highest BCUT2D eigenvalue weighted by atomic mass is 19.1. The van der Waals surface area contributed by atoms with Crippen LogP contribution < -0.4 is 0 Å². The molecular weight excluding hydrogens is 281 g/mol. The molecule has 0 spiro atoms. The molecule has 0 aliphatic heterocycles. The van der Waals surface area contributed by atoms with Crippen LogP contribution in [0.15, 0.2) is 54.6 Å². The lowest BCUT2D eigenvalue weighted by molar-refractivity contribution is 0.111. The first-order chi connectivity index (χ1) is 10.8. The Bertz CT molecular complexity index is 766. The van der Waals surface area contributed by atoms with Crippen molar-refractivity contribution in [3.05, 3.63) is 77.4 Å². The van der Waals surface area contributed by atoms with Gasteiger partial charge in [0, 0.05) is 0 Å². The molecule has 0 N–H and O–H groups in total. The number of halogens is 1. The largest absolute Gasteiger partial charge is 0.296 e. The molecule has 110 valence electrons. The van der Waals surface area contributed by atoms with E-state index in [0.29, 0.717) is 24.1 Å². The smallest absolute Gasteiger partial charge is 0.172 e. The summed E-state index contributed by atoms with van der Waals surface area (Å²) in [6, 6.07) is 15.9. The maximum Gasteiger partial charge on any atom is 0.172 e. The predicted octanol–water partition coefficient (Wildman–Crippen LogP) is 3.00. The molecule has 3 rings (SSSR count). The van der Waals surface area contributed by atoms with Crippen LogP contribution in [0.2, 0.25) is 0 Å². The number of carbonyl (C=O) groups excluding carboxylic acids is 1. The maximum atomic E-state index is 13.0. The zero-order valence-corrected chi connectivity index (χ0v) is 11.8. The molecule has 0 amide bonds. The second kappa shape index (κ2) is 6.30. The zero-order chi connectivity index (χ0) is 15.4. The molecule has 2 aromatic carbocycles. The summed E-state index contributed by atoms with van der Waals surface area (Å²) in [4.78, 5) is 11.2. The molecule has 0 aliphatic rings. The number of aromatic nitrogens is 3. The SMILES string of the molecule is O=Cc1nnn(-c2ccc(F)cc2)c1CCc1ccccc1. The van der Waals surface area contributed by atoms with Crippen molar-refractivity contribution in [3.63, 3.8) is 0 Å². The Morgan fingerprint density at radius 2 is 1.73 bits per heavy atom. The Labute approximate surface area is 127 Å². The monoisotopic (exact) mass is 295 g/mol. The fraction of sp³-hybridized carbons (Fsp3) is 0.118. The van der Waals surface area contributed by atoms with Crippen LogP contribution in [0.4, 0.5) is 4.39 Å². The van der Waals surface area contributed by atoms with Crippen molar-refractivity contribution >= 4 is 6.29 Å². The molecule has 0 radical (unpaired) electrons. The third-order valence-corrected chi connectivity index (χ3v) is 3.47. The highest BCUT2D eigenvalue weighted by molar-refractivity contribution is 5.73. The topological polar surface area (TPSA) is 47.8 Å². The third kappa shape index (κ3) is 2.93. The van der Waals surface area contributed by atoms with Crippen LogP contribution in [0, 0.1) is 5.82 Å². The fourth-order valence-electron chi connectivity index (χ4n) is 2.34. The first-order valence-corrected chi connectivity index (χ1v) is 6.97. The summed E-state index contributed by atoms with van der Waals surface area (Å²) < 4.78 is 14.6. The summed E-state index contributed by atoms with van der Waals surface area (Å²) >= 11 is 0. The number of aryl methyl sites for hydroxylation is 1. The lowest BCUT2D eigenvalue weighted by Crippen LogP contribution is -2.05. The molecule has 1 heterocycles. The number of rotatable bonds is 5. The van der Waals surface area contributed by atoms with Crippen molar-refractivity contribution in [2.75, 3.05) is 0 Å². The van der Waals surface area contributed by atoms with Gasteiger partial charge in [0.2, 0.25) is 0 Å². The molecule has 0 fully saturated rings. The van der Waals surface area contributed by atoms with E-state index >= 15 is 0 Å². The Morgan fingerprint density at radius 1 is 1.00 bits per heavy atom. The number of hydrogen-bond acceptors (Lipinski definition) is 3. The van der Waals surface area contributed by atoms with Crippen molar-refractivity contribution in [1.82, 2.24) is 15.0 Å². The second-order valence-corrected chi connectivity index (χ2v) is 4.91. The van der Waals surface area contributed by atoms with Gasteiger partial charge in [-0.05, 0) is 42.7 Å². The number of aldehydes is 1. The lowest BCUT2D eigenvalue weighted by Gasteiger charge is -2.07. The summed E-state index contributed by atoms with van der Waals surface area (Å²) in [7, 11) is 0. The van der Waals surface area contributed by atoms with Gasteiger partial charge in [-0.1, -0.05) is 35.5 Å². The van der Waals surface area contributed by atoms with Gasteiger partial charge >= 0.3 is 0 Å². The maximum absolute atomic E-state index is 13.0. The first kappa shape index (κ1) is 14.1. The first-order valence-electron chi connectivity index (χ1n) is 6.97. The normalized spacial score (nSPS) is 10.6. The molecule has 0 saturated heterocycles. The Morgan fingerprint density at radius 3 is 2.41 bits per heavy atom. The molecule has 0 bridgehead atoms. The Kier molecular flexibility index (Phi) is 4.05. The number of carbonyl (C=O) groups is 1.